The maximum atomic E-state index is 16.3. The molecule has 39 heavy (non-hydrogen) atoms. The minimum atomic E-state index is -0.604. The lowest BCUT2D eigenvalue weighted by molar-refractivity contribution is 0.135. The van der Waals surface area contributed by atoms with Crippen molar-refractivity contribution in [3.8, 4) is 17.3 Å². The first-order valence-corrected chi connectivity index (χ1v) is 14.2. The molecule has 1 fully saturated rings. The van der Waals surface area contributed by atoms with Gasteiger partial charge in [0.15, 0.2) is 11.6 Å². The minimum Gasteiger partial charge on any atom is -0.389 e. The van der Waals surface area contributed by atoms with Crippen LogP contribution in [0.5, 0.6) is 0 Å². The molecule has 2 N–H and O–H groups in total. The van der Waals surface area contributed by atoms with Crippen molar-refractivity contribution < 1.29 is 13.5 Å². The first kappa shape index (κ1) is 28.6. The van der Waals surface area contributed by atoms with Gasteiger partial charge in [0.2, 0.25) is 5.95 Å². The van der Waals surface area contributed by atoms with Gasteiger partial charge in [-0.2, -0.15) is 5.26 Å². The molecule has 0 radical (unpaired) electrons. The van der Waals surface area contributed by atoms with Gasteiger partial charge in [-0.15, -0.1) is 11.3 Å². The molecule has 10 heteroatoms. The molecule has 0 bridgehead atoms. The van der Waals surface area contributed by atoms with Gasteiger partial charge in [-0.1, -0.05) is 41.0 Å². The van der Waals surface area contributed by atoms with Crippen molar-refractivity contribution in [1.29, 1.82) is 5.26 Å². The fourth-order valence-corrected chi connectivity index (χ4v) is 5.97. The maximum absolute atomic E-state index is 16.3. The second-order valence-electron chi connectivity index (χ2n) is 9.59. The Labute approximate surface area is 231 Å². The number of nitrogens with two attached hydrogens (primary N) is 1. The molecule has 2 aliphatic rings. The van der Waals surface area contributed by atoms with Gasteiger partial charge in [-0.3, -0.25) is 4.98 Å². The zero-order valence-corrected chi connectivity index (χ0v) is 24.0. The van der Waals surface area contributed by atoms with E-state index < -0.39 is 11.6 Å². The molecule has 7 nitrogen and oxygen atoms in total. The zero-order chi connectivity index (χ0) is 28.4. The summed E-state index contributed by atoms with van der Waals surface area (Å²) >= 11 is 0.955. The van der Waals surface area contributed by atoms with E-state index in [0.29, 0.717) is 22.8 Å². The molecular weight excluding hydrogens is 518 g/mol. The number of aromatic nitrogens is 3. The van der Waals surface area contributed by atoms with Crippen molar-refractivity contribution >= 4 is 43.3 Å². The van der Waals surface area contributed by atoms with Gasteiger partial charge in [0.1, 0.15) is 16.6 Å². The van der Waals surface area contributed by atoms with Gasteiger partial charge in [-0.05, 0) is 30.4 Å². The molecule has 6 rings (SSSR count). The van der Waals surface area contributed by atoms with E-state index in [0.717, 1.165) is 36.1 Å². The van der Waals surface area contributed by atoms with Crippen LogP contribution < -0.4 is 10.6 Å². The van der Waals surface area contributed by atoms with Crippen LogP contribution in [0.15, 0.2) is 12.4 Å². The second-order valence-corrected chi connectivity index (χ2v) is 10.6. The van der Waals surface area contributed by atoms with Crippen LogP contribution in [0.25, 0.3) is 32.2 Å². The Hall–Kier alpha value is -3.42. The van der Waals surface area contributed by atoms with Gasteiger partial charge in [0.05, 0.1) is 35.4 Å². The fraction of sp³-hybridized carbons (Fsp3) is 0.448. The Kier molecular flexibility index (Phi) is 8.62. The number of hydrogen-bond donors (Lipinski definition) is 1. The van der Waals surface area contributed by atoms with Gasteiger partial charge >= 0.3 is 0 Å². The van der Waals surface area contributed by atoms with Crippen LogP contribution in [0.2, 0.25) is 0 Å². The van der Waals surface area contributed by atoms with Crippen LogP contribution in [0, 0.1) is 28.9 Å². The summed E-state index contributed by atoms with van der Waals surface area (Å²) < 4.78 is 36.7. The highest BCUT2D eigenvalue weighted by atomic mass is 32.1. The predicted octanol–water partition coefficient (Wildman–Crippen LogP) is 7.35. The van der Waals surface area contributed by atoms with Crippen LogP contribution in [0.4, 0.5) is 19.7 Å². The first-order valence-electron chi connectivity index (χ1n) is 13.4. The molecule has 3 aromatic heterocycles. The molecule has 0 aliphatic carbocycles. The number of fused-ring (bicyclic) bond motifs is 4. The Morgan fingerprint density at radius 2 is 1.85 bits per heavy atom. The van der Waals surface area contributed by atoms with E-state index in [-0.39, 0.29) is 56.7 Å². The molecule has 2 atom stereocenters. The van der Waals surface area contributed by atoms with E-state index in [1.54, 1.807) is 6.20 Å². The van der Waals surface area contributed by atoms with Crippen LogP contribution in [0.1, 0.15) is 71.1 Å². The average molecular weight is 553 g/mol. The summed E-state index contributed by atoms with van der Waals surface area (Å²) in [6, 6.07) is 2.27. The lowest BCUT2D eigenvalue weighted by Crippen LogP contribution is -2.30. The van der Waals surface area contributed by atoms with Crippen molar-refractivity contribution in [2.24, 2.45) is 5.92 Å². The first-order chi connectivity index (χ1) is 18.8. The maximum Gasteiger partial charge on any atom is 0.226 e. The van der Waals surface area contributed by atoms with Crippen molar-refractivity contribution in [3.63, 3.8) is 0 Å². The molecular formula is C29H34F2N6OS. The van der Waals surface area contributed by atoms with E-state index in [2.05, 4.69) is 47.5 Å². The summed E-state index contributed by atoms with van der Waals surface area (Å²) in [7, 11) is 0. The molecule has 0 spiro atoms. The van der Waals surface area contributed by atoms with Crippen LogP contribution in [-0.2, 0) is 18.0 Å². The highest BCUT2D eigenvalue weighted by Crippen LogP contribution is 2.45. The number of anilines is 2. The molecule has 5 heterocycles. The number of halogens is 2. The van der Waals surface area contributed by atoms with E-state index in [1.165, 1.54) is 6.42 Å². The molecule has 4 aromatic rings. The van der Waals surface area contributed by atoms with Crippen LogP contribution in [-0.4, -0.2) is 27.5 Å². The number of benzene rings is 1. The molecule has 0 amide bonds. The fourth-order valence-electron chi connectivity index (χ4n) is 5.05. The Morgan fingerprint density at radius 1 is 1.15 bits per heavy atom. The highest BCUT2D eigenvalue weighted by molar-refractivity contribution is 7.23. The van der Waals surface area contributed by atoms with E-state index in [4.69, 9.17) is 10.5 Å². The average Bonchev–Trinajstić information content (AvgIpc) is 3.64. The van der Waals surface area contributed by atoms with Crippen LogP contribution >= 0.6 is 11.3 Å². The lowest BCUT2D eigenvalue weighted by atomic mass is 9.94. The number of rotatable bonds is 2. The molecule has 0 saturated carbocycles. The summed E-state index contributed by atoms with van der Waals surface area (Å²) in [6.45, 7) is 13.8. The Balaban J connectivity index is 0.000000662. The van der Waals surface area contributed by atoms with Gasteiger partial charge in [-0.25, -0.2) is 18.7 Å². The standard InChI is InChI=1S/C24H20F2N6OS.C3H8.C2H6/c1-10-3-4-32(11(10)2)24-30-6-13-14-8-33-9-15(14)17(19(26)20(13)31-24)21-18-12(5-27)23(28)34-22(18)16(25)7-29-21;1-3-2;1-2/h6-7,10-11H,3-4,8-9,28H2,1-2H3;3H2,1-2H3;1-2H3. The Morgan fingerprint density at radius 3 is 2.49 bits per heavy atom. The third-order valence-electron chi connectivity index (χ3n) is 7.13. The molecule has 1 saturated heterocycles. The number of pyridine rings is 1. The highest BCUT2D eigenvalue weighted by Gasteiger charge is 2.32. The number of nitrogens with zero attached hydrogens (tertiary/aromatic N) is 5. The van der Waals surface area contributed by atoms with Gasteiger partial charge < -0.3 is 15.4 Å². The van der Waals surface area contributed by atoms with E-state index in [9.17, 15) is 9.65 Å². The van der Waals surface area contributed by atoms with E-state index in [1.807, 2.05) is 19.9 Å². The lowest BCUT2D eigenvalue weighted by Gasteiger charge is -2.24. The van der Waals surface area contributed by atoms with E-state index >= 15 is 4.39 Å². The number of thiophene rings is 1. The predicted molar refractivity (Wildman–Crippen MR) is 154 cm³/mol. The van der Waals surface area contributed by atoms with Gasteiger partial charge in [0, 0.05) is 35.1 Å². The van der Waals surface area contributed by atoms with Crippen molar-refractivity contribution in [2.45, 2.75) is 73.6 Å². The normalized spacial score (nSPS) is 17.9. The van der Waals surface area contributed by atoms with Gasteiger partial charge in [0.25, 0.3) is 0 Å². The molecule has 1 aromatic carbocycles. The van der Waals surface area contributed by atoms with Crippen molar-refractivity contribution in [1.82, 2.24) is 15.0 Å². The summed E-state index contributed by atoms with van der Waals surface area (Å²) in [6.07, 6.45) is 4.96. The van der Waals surface area contributed by atoms with Crippen molar-refractivity contribution in [2.75, 3.05) is 17.2 Å². The molecule has 206 valence electrons. The largest absolute Gasteiger partial charge is 0.389 e. The Bertz CT molecular complexity index is 1560. The number of hydrogen-bond acceptors (Lipinski definition) is 8. The number of ether oxygens (including phenoxy) is 1. The topological polar surface area (TPSA) is 101 Å². The second kappa shape index (κ2) is 11.8. The van der Waals surface area contributed by atoms with Crippen LogP contribution in [0.3, 0.4) is 0 Å². The third-order valence-corrected chi connectivity index (χ3v) is 8.16. The SMILES string of the molecule is CC.CC1CCN(c2ncc3c4c(c(-c5ncc(F)c6sc(N)c(C#N)c56)c(F)c3n2)COC4)C1C.CCC. The summed E-state index contributed by atoms with van der Waals surface area (Å²) in [5.41, 5.74) is 7.98. The number of nitriles is 1. The van der Waals surface area contributed by atoms with Crippen molar-refractivity contribution in [3.05, 3.63) is 40.7 Å². The summed E-state index contributed by atoms with van der Waals surface area (Å²) in [5, 5.41) is 10.7. The molecule has 2 unspecified atom stereocenters. The number of nitrogen functional groups attached to an aromatic ring is 1. The minimum absolute atomic E-state index is 0.0948. The monoisotopic (exact) mass is 552 g/mol. The smallest absolute Gasteiger partial charge is 0.226 e. The summed E-state index contributed by atoms with van der Waals surface area (Å²) in [5.74, 6) is -0.231. The zero-order valence-electron chi connectivity index (χ0n) is 23.2. The summed E-state index contributed by atoms with van der Waals surface area (Å²) in [4.78, 5) is 15.5. The quantitative estimate of drug-likeness (QED) is 0.277. The molecule has 2 aliphatic heterocycles. The third kappa shape index (κ3) is 4.79.